The summed E-state index contributed by atoms with van der Waals surface area (Å²) in [6, 6.07) is 31.9. The van der Waals surface area contributed by atoms with Gasteiger partial charge in [0, 0.05) is 0 Å². The number of hydrogen-bond acceptors (Lipinski definition) is 4. The van der Waals surface area contributed by atoms with Crippen LogP contribution in [0.5, 0.6) is 11.5 Å². The fourth-order valence-corrected chi connectivity index (χ4v) is 4.23. The average Bonchev–Trinajstić information content (AvgIpc) is 3.83. The molecule has 4 aromatic rings. The van der Waals surface area contributed by atoms with Crippen LogP contribution < -0.4 is 9.47 Å². The molecule has 2 unspecified atom stereocenters. The third-order valence-electron chi connectivity index (χ3n) is 6.45. The molecule has 2 aliphatic heterocycles. The zero-order valence-electron chi connectivity index (χ0n) is 19.8. The summed E-state index contributed by atoms with van der Waals surface area (Å²) in [5.41, 5.74) is 8.17. The van der Waals surface area contributed by atoms with Gasteiger partial charge < -0.3 is 18.9 Å². The Morgan fingerprint density at radius 3 is 1.77 bits per heavy atom. The van der Waals surface area contributed by atoms with Crippen molar-refractivity contribution in [2.75, 3.05) is 26.4 Å². The van der Waals surface area contributed by atoms with Crippen LogP contribution in [0.15, 0.2) is 91.0 Å². The SMILES string of the molecule is Cc1cc(-c2ccc(-c3ccc(OCC4CO4)cc3)cc2)c(-c2ccccc2)cc1OCC1CO1. The van der Waals surface area contributed by atoms with E-state index in [1.165, 1.54) is 22.3 Å². The molecular weight excluding hydrogens is 436 g/mol. The highest BCUT2D eigenvalue weighted by Gasteiger charge is 2.24. The second kappa shape index (κ2) is 9.57. The lowest BCUT2D eigenvalue weighted by Crippen LogP contribution is -2.05. The number of benzene rings is 4. The molecule has 0 aliphatic carbocycles. The van der Waals surface area contributed by atoms with Crippen LogP contribution in [0.1, 0.15) is 5.56 Å². The number of hydrogen-bond donors (Lipinski definition) is 0. The molecule has 2 atom stereocenters. The van der Waals surface area contributed by atoms with Crippen molar-refractivity contribution in [1.82, 2.24) is 0 Å². The minimum atomic E-state index is 0.231. The molecule has 0 radical (unpaired) electrons. The minimum Gasteiger partial charge on any atom is -0.491 e. The Balaban J connectivity index is 1.28. The van der Waals surface area contributed by atoms with E-state index in [1.807, 2.05) is 18.2 Å². The smallest absolute Gasteiger partial charge is 0.123 e. The second-order valence-corrected chi connectivity index (χ2v) is 9.16. The van der Waals surface area contributed by atoms with Crippen molar-refractivity contribution in [3.63, 3.8) is 0 Å². The first-order chi connectivity index (χ1) is 17.2. The van der Waals surface area contributed by atoms with Gasteiger partial charge in [-0.1, -0.05) is 66.7 Å². The van der Waals surface area contributed by atoms with Gasteiger partial charge in [0.05, 0.1) is 13.2 Å². The highest BCUT2D eigenvalue weighted by atomic mass is 16.6. The van der Waals surface area contributed by atoms with Crippen LogP contribution in [-0.4, -0.2) is 38.6 Å². The number of epoxide rings is 2. The first-order valence-corrected chi connectivity index (χ1v) is 12.1. The van der Waals surface area contributed by atoms with Gasteiger partial charge in [0.15, 0.2) is 0 Å². The van der Waals surface area contributed by atoms with E-state index in [2.05, 4.69) is 79.7 Å². The van der Waals surface area contributed by atoms with Gasteiger partial charge in [-0.15, -0.1) is 0 Å². The van der Waals surface area contributed by atoms with E-state index in [9.17, 15) is 0 Å². The van der Waals surface area contributed by atoms with Gasteiger partial charge in [-0.25, -0.2) is 0 Å². The maximum atomic E-state index is 6.09. The van der Waals surface area contributed by atoms with Gasteiger partial charge in [-0.3, -0.25) is 0 Å². The van der Waals surface area contributed by atoms with Gasteiger partial charge in [-0.05, 0) is 70.1 Å². The maximum absolute atomic E-state index is 6.09. The molecule has 0 N–H and O–H groups in total. The van der Waals surface area contributed by atoms with E-state index in [-0.39, 0.29) is 12.2 Å². The average molecular weight is 465 g/mol. The van der Waals surface area contributed by atoms with Crippen LogP contribution in [0, 0.1) is 6.92 Å². The Labute approximate surface area is 206 Å². The zero-order valence-corrected chi connectivity index (χ0v) is 19.8. The van der Waals surface area contributed by atoms with Crippen molar-refractivity contribution >= 4 is 0 Å². The molecule has 4 aromatic carbocycles. The largest absolute Gasteiger partial charge is 0.491 e. The standard InChI is InChI=1S/C31H28O4/c1-21-15-29(30(24-5-3-2-4-6-24)16-31(21)35-20-28-19-34-28)25-9-7-22(8-10-25)23-11-13-26(14-12-23)32-17-27-18-33-27/h2-16,27-28H,17-20H2,1H3. The van der Waals surface area contributed by atoms with E-state index in [0.29, 0.717) is 13.2 Å². The van der Waals surface area contributed by atoms with Crippen molar-refractivity contribution in [3.05, 3.63) is 96.6 Å². The summed E-state index contributed by atoms with van der Waals surface area (Å²) in [5, 5.41) is 0. The first-order valence-electron chi connectivity index (χ1n) is 12.1. The minimum absolute atomic E-state index is 0.231. The summed E-state index contributed by atoms with van der Waals surface area (Å²) in [6.45, 7) is 4.92. The summed E-state index contributed by atoms with van der Waals surface area (Å²) in [4.78, 5) is 0. The molecule has 0 spiro atoms. The molecule has 2 heterocycles. The summed E-state index contributed by atoms with van der Waals surface area (Å²) in [5.74, 6) is 1.79. The molecule has 0 saturated carbocycles. The highest BCUT2D eigenvalue weighted by molar-refractivity contribution is 5.86. The molecule has 6 rings (SSSR count). The quantitative estimate of drug-likeness (QED) is 0.263. The van der Waals surface area contributed by atoms with E-state index >= 15 is 0 Å². The van der Waals surface area contributed by atoms with Crippen molar-refractivity contribution in [2.45, 2.75) is 19.1 Å². The maximum Gasteiger partial charge on any atom is 0.123 e. The normalized spacial score (nSPS) is 18.2. The van der Waals surface area contributed by atoms with Gasteiger partial charge in [0.25, 0.3) is 0 Å². The molecule has 0 aromatic heterocycles. The topological polar surface area (TPSA) is 43.5 Å². The fraction of sp³-hybridized carbons (Fsp3) is 0.226. The third kappa shape index (κ3) is 5.24. The second-order valence-electron chi connectivity index (χ2n) is 9.16. The first kappa shape index (κ1) is 21.9. The van der Waals surface area contributed by atoms with Crippen LogP contribution in [0.3, 0.4) is 0 Å². The predicted octanol–water partition coefficient (Wildman–Crippen LogP) is 6.55. The lowest BCUT2D eigenvalue weighted by atomic mass is 9.91. The van der Waals surface area contributed by atoms with Gasteiger partial charge in [0.2, 0.25) is 0 Å². The molecule has 4 nitrogen and oxygen atoms in total. The van der Waals surface area contributed by atoms with Crippen molar-refractivity contribution in [2.24, 2.45) is 0 Å². The number of aryl methyl sites for hydroxylation is 1. The fourth-order valence-electron chi connectivity index (χ4n) is 4.23. The lowest BCUT2D eigenvalue weighted by Gasteiger charge is -2.16. The van der Waals surface area contributed by atoms with Crippen molar-refractivity contribution < 1.29 is 18.9 Å². The molecule has 176 valence electrons. The van der Waals surface area contributed by atoms with Crippen LogP contribution >= 0.6 is 0 Å². The molecule has 35 heavy (non-hydrogen) atoms. The molecular formula is C31H28O4. The molecule has 0 amide bonds. The summed E-state index contributed by atoms with van der Waals surface area (Å²) in [6.07, 6.45) is 0.495. The molecule has 2 saturated heterocycles. The van der Waals surface area contributed by atoms with E-state index in [1.54, 1.807) is 0 Å². The van der Waals surface area contributed by atoms with Crippen LogP contribution in [-0.2, 0) is 9.47 Å². The van der Waals surface area contributed by atoms with Crippen LogP contribution in [0.25, 0.3) is 33.4 Å². The highest BCUT2D eigenvalue weighted by Crippen LogP contribution is 2.38. The summed E-state index contributed by atoms with van der Waals surface area (Å²) >= 11 is 0. The Bertz CT molecular complexity index is 1290. The lowest BCUT2D eigenvalue weighted by molar-refractivity contribution is 0.262. The molecule has 2 aliphatic rings. The van der Waals surface area contributed by atoms with E-state index < -0.39 is 0 Å². The van der Waals surface area contributed by atoms with Crippen LogP contribution in [0.4, 0.5) is 0 Å². The Hall–Kier alpha value is -3.60. The van der Waals surface area contributed by atoms with Gasteiger partial charge >= 0.3 is 0 Å². The zero-order chi connectivity index (χ0) is 23.6. The Kier molecular flexibility index (Phi) is 5.99. The molecule has 0 bridgehead atoms. The van der Waals surface area contributed by atoms with Crippen molar-refractivity contribution in [1.29, 1.82) is 0 Å². The van der Waals surface area contributed by atoms with Gasteiger partial charge in [-0.2, -0.15) is 0 Å². The van der Waals surface area contributed by atoms with E-state index in [4.69, 9.17) is 18.9 Å². The third-order valence-corrected chi connectivity index (χ3v) is 6.45. The molecule has 2 fully saturated rings. The number of ether oxygens (including phenoxy) is 4. The molecule has 4 heteroatoms. The monoisotopic (exact) mass is 464 g/mol. The van der Waals surface area contributed by atoms with Gasteiger partial charge in [0.1, 0.15) is 36.9 Å². The summed E-state index contributed by atoms with van der Waals surface area (Å²) in [7, 11) is 0. The Morgan fingerprint density at radius 1 is 0.629 bits per heavy atom. The summed E-state index contributed by atoms with van der Waals surface area (Å²) < 4.78 is 22.4. The van der Waals surface area contributed by atoms with Crippen LogP contribution in [0.2, 0.25) is 0 Å². The predicted molar refractivity (Wildman–Crippen MR) is 138 cm³/mol. The Morgan fingerprint density at radius 2 is 1.14 bits per heavy atom. The van der Waals surface area contributed by atoms with E-state index in [0.717, 1.165) is 41.4 Å². The number of rotatable bonds is 9. The van der Waals surface area contributed by atoms with Crippen molar-refractivity contribution in [3.8, 4) is 44.9 Å².